The first kappa shape index (κ1) is 23.2. The average molecular weight is 460 g/mol. The normalized spacial score (nSPS) is 13.2. The van der Waals surface area contributed by atoms with E-state index in [2.05, 4.69) is 10.4 Å². The van der Waals surface area contributed by atoms with Crippen molar-refractivity contribution in [2.24, 2.45) is 0 Å². The number of aryl methyl sites for hydroxylation is 2. The number of rotatable bonds is 7. The van der Waals surface area contributed by atoms with Gasteiger partial charge in [-0.1, -0.05) is 60.2 Å². The molecule has 2 aromatic carbocycles. The number of carbonyl (C=O) groups is 3. The zero-order chi connectivity index (χ0) is 24.1. The first-order valence-electron chi connectivity index (χ1n) is 11.4. The topological polar surface area (TPSA) is 87.5 Å². The molecule has 34 heavy (non-hydrogen) atoms. The highest BCUT2D eigenvalue weighted by atomic mass is 16.2. The summed E-state index contributed by atoms with van der Waals surface area (Å²) in [6.07, 6.45) is 0.746. The Bertz CT molecular complexity index is 1170. The summed E-state index contributed by atoms with van der Waals surface area (Å²) in [5.74, 6) is -0.832. The van der Waals surface area contributed by atoms with Crippen molar-refractivity contribution in [2.45, 2.75) is 33.0 Å². The Labute approximate surface area is 199 Å². The molecule has 0 spiro atoms. The number of hydrogen-bond donors (Lipinski definition) is 1. The lowest BCUT2D eigenvalue weighted by Crippen LogP contribution is -2.38. The molecule has 176 valence electrons. The highest BCUT2D eigenvalue weighted by Gasteiger charge is 2.26. The first-order valence-corrected chi connectivity index (χ1v) is 11.4. The summed E-state index contributed by atoms with van der Waals surface area (Å²) >= 11 is 0. The average Bonchev–Trinajstić information content (AvgIpc) is 3.21. The van der Waals surface area contributed by atoms with E-state index >= 15 is 0 Å². The Morgan fingerprint density at radius 1 is 1.03 bits per heavy atom. The van der Waals surface area contributed by atoms with Crippen LogP contribution in [0.5, 0.6) is 0 Å². The van der Waals surface area contributed by atoms with E-state index in [9.17, 15) is 14.4 Å². The van der Waals surface area contributed by atoms with Crippen LogP contribution in [0.4, 0.5) is 0 Å². The summed E-state index contributed by atoms with van der Waals surface area (Å²) in [6.45, 7) is 4.03. The Hall–Kier alpha value is -3.94. The number of amides is 3. The van der Waals surface area contributed by atoms with Gasteiger partial charge >= 0.3 is 0 Å². The number of aromatic nitrogens is 2. The lowest BCUT2D eigenvalue weighted by Gasteiger charge is -2.20. The predicted molar refractivity (Wildman–Crippen MR) is 128 cm³/mol. The number of nitrogens with one attached hydrogen (secondary N) is 1. The van der Waals surface area contributed by atoms with E-state index in [1.54, 1.807) is 21.5 Å². The molecule has 0 saturated carbocycles. The van der Waals surface area contributed by atoms with Gasteiger partial charge in [0.2, 0.25) is 5.91 Å². The van der Waals surface area contributed by atoms with Gasteiger partial charge in [-0.15, -0.1) is 0 Å². The van der Waals surface area contributed by atoms with E-state index in [0.717, 1.165) is 17.5 Å². The van der Waals surface area contributed by atoms with Gasteiger partial charge in [-0.25, -0.2) is 0 Å². The minimum absolute atomic E-state index is 0.138. The number of fused-ring (bicyclic) bond motifs is 1. The smallest absolute Gasteiger partial charge is 0.272 e. The first-order chi connectivity index (χ1) is 16.4. The maximum absolute atomic E-state index is 13.1. The van der Waals surface area contributed by atoms with Crippen LogP contribution in [-0.4, -0.2) is 57.4 Å². The van der Waals surface area contributed by atoms with Crippen molar-refractivity contribution in [1.82, 2.24) is 24.9 Å². The van der Waals surface area contributed by atoms with Crippen molar-refractivity contribution in [1.29, 1.82) is 0 Å². The number of hydrogen-bond acceptors (Lipinski definition) is 4. The van der Waals surface area contributed by atoms with Gasteiger partial charge in [0, 0.05) is 39.3 Å². The number of likely N-dealkylation sites (N-methyl/N-ethyl adjacent to an activating group) is 1. The molecule has 0 radical (unpaired) electrons. The fourth-order valence-electron chi connectivity index (χ4n) is 3.94. The van der Waals surface area contributed by atoms with E-state index < -0.39 is 5.91 Å². The Morgan fingerprint density at radius 2 is 1.76 bits per heavy atom. The quantitative estimate of drug-likeness (QED) is 0.588. The molecule has 8 nitrogen and oxygen atoms in total. The molecule has 3 aromatic rings. The van der Waals surface area contributed by atoms with Crippen LogP contribution >= 0.6 is 0 Å². The van der Waals surface area contributed by atoms with Crippen molar-refractivity contribution in [3.8, 4) is 0 Å². The summed E-state index contributed by atoms with van der Waals surface area (Å²) in [6, 6.07) is 19.3. The van der Waals surface area contributed by atoms with Crippen LogP contribution < -0.4 is 5.32 Å². The minimum Gasteiger partial charge on any atom is -0.342 e. The van der Waals surface area contributed by atoms with Gasteiger partial charge in [-0.05, 0) is 24.5 Å². The zero-order valence-corrected chi connectivity index (χ0v) is 19.5. The Kier molecular flexibility index (Phi) is 7.06. The summed E-state index contributed by atoms with van der Waals surface area (Å²) < 4.78 is 1.59. The fourth-order valence-corrected chi connectivity index (χ4v) is 3.94. The summed E-state index contributed by atoms with van der Waals surface area (Å²) in [4.78, 5) is 41.6. The molecular formula is C26H29N5O3. The van der Waals surface area contributed by atoms with Gasteiger partial charge in [0.15, 0.2) is 5.69 Å². The second-order valence-electron chi connectivity index (χ2n) is 8.62. The largest absolute Gasteiger partial charge is 0.342 e. The predicted octanol–water partition coefficient (Wildman–Crippen LogP) is 2.63. The van der Waals surface area contributed by atoms with Crippen LogP contribution in [0.15, 0.2) is 60.7 Å². The van der Waals surface area contributed by atoms with E-state index in [1.807, 2.05) is 61.5 Å². The molecular weight excluding hydrogens is 430 g/mol. The SMILES string of the molecule is Cc1ccc(CN2CCCn3nc(C(=O)NCC(=O)N(C)Cc4ccccc4)cc3C2=O)cc1. The van der Waals surface area contributed by atoms with Crippen LogP contribution in [0, 0.1) is 6.92 Å². The third kappa shape index (κ3) is 5.51. The lowest BCUT2D eigenvalue weighted by atomic mass is 10.1. The van der Waals surface area contributed by atoms with Crippen molar-refractivity contribution >= 4 is 17.7 Å². The molecule has 1 aliphatic rings. The van der Waals surface area contributed by atoms with Crippen molar-refractivity contribution in [3.05, 3.63) is 88.7 Å². The molecule has 1 N–H and O–H groups in total. The van der Waals surface area contributed by atoms with Gasteiger partial charge in [0.05, 0.1) is 6.54 Å². The van der Waals surface area contributed by atoms with Crippen molar-refractivity contribution in [3.63, 3.8) is 0 Å². The molecule has 0 aliphatic carbocycles. The molecule has 0 saturated heterocycles. The fraction of sp³-hybridized carbons (Fsp3) is 0.308. The molecule has 8 heteroatoms. The second-order valence-corrected chi connectivity index (χ2v) is 8.62. The molecule has 3 amide bonds. The minimum atomic E-state index is -0.472. The second kappa shape index (κ2) is 10.3. The van der Waals surface area contributed by atoms with E-state index in [4.69, 9.17) is 0 Å². The molecule has 1 aromatic heterocycles. The Balaban J connectivity index is 1.37. The van der Waals surface area contributed by atoms with Gasteiger partial charge < -0.3 is 15.1 Å². The molecule has 1 aliphatic heterocycles. The molecule has 0 fully saturated rings. The molecule has 0 atom stereocenters. The maximum atomic E-state index is 13.1. The third-order valence-electron chi connectivity index (χ3n) is 5.90. The van der Waals surface area contributed by atoms with Gasteiger partial charge in [-0.2, -0.15) is 5.10 Å². The van der Waals surface area contributed by atoms with Crippen LogP contribution in [0.2, 0.25) is 0 Å². The number of nitrogens with zero attached hydrogens (tertiary/aromatic N) is 4. The molecule has 2 heterocycles. The van der Waals surface area contributed by atoms with Gasteiger partial charge in [0.25, 0.3) is 11.8 Å². The van der Waals surface area contributed by atoms with Crippen LogP contribution in [0.25, 0.3) is 0 Å². The van der Waals surface area contributed by atoms with E-state index in [0.29, 0.717) is 31.9 Å². The van der Waals surface area contributed by atoms with Crippen LogP contribution in [0.3, 0.4) is 0 Å². The lowest BCUT2D eigenvalue weighted by molar-refractivity contribution is -0.129. The van der Waals surface area contributed by atoms with Gasteiger partial charge in [0.1, 0.15) is 5.69 Å². The summed E-state index contributed by atoms with van der Waals surface area (Å²) in [5, 5.41) is 6.97. The molecule has 0 unspecified atom stereocenters. The zero-order valence-electron chi connectivity index (χ0n) is 19.5. The van der Waals surface area contributed by atoms with Crippen LogP contribution in [-0.2, 0) is 24.4 Å². The van der Waals surface area contributed by atoms with Crippen LogP contribution in [0.1, 0.15) is 44.1 Å². The standard InChI is InChI=1S/C26H29N5O3/c1-19-9-11-21(12-10-19)18-30-13-6-14-31-23(26(30)34)15-22(28-31)25(33)27-16-24(32)29(2)17-20-7-4-3-5-8-20/h3-5,7-12,15H,6,13-14,16-18H2,1-2H3,(H,27,33). The summed E-state index contributed by atoms with van der Waals surface area (Å²) in [5.41, 5.74) is 3.77. The number of carbonyl (C=O) groups excluding carboxylic acids is 3. The Morgan fingerprint density at radius 3 is 2.50 bits per heavy atom. The molecule has 4 rings (SSSR count). The monoisotopic (exact) mass is 459 g/mol. The van der Waals surface area contributed by atoms with Crippen molar-refractivity contribution in [2.75, 3.05) is 20.1 Å². The highest BCUT2D eigenvalue weighted by Crippen LogP contribution is 2.17. The van der Waals surface area contributed by atoms with E-state index in [-0.39, 0.29) is 24.1 Å². The van der Waals surface area contributed by atoms with Crippen molar-refractivity contribution < 1.29 is 14.4 Å². The summed E-state index contributed by atoms with van der Waals surface area (Å²) in [7, 11) is 1.70. The van der Waals surface area contributed by atoms with E-state index in [1.165, 1.54) is 11.6 Å². The number of benzene rings is 2. The maximum Gasteiger partial charge on any atom is 0.272 e. The third-order valence-corrected chi connectivity index (χ3v) is 5.90. The highest BCUT2D eigenvalue weighted by molar-refractivity contribution is 5.99. The molecule has 0 bridgehead atoms. The van der Waals surface area contributed by atoms with Gasteiger partial charge in [-0.3, -0.25) is 19.1 Å².